The lowest BCUT2D eigenvalue weighted by atomic mass is 10.0. The topological polar surface area (TPSA) is 138 Å². The van der Waals surface area contributed by atoms with E-state index in [4.69, 9.17) is 5.11 Å². The highest BCUT2D eigenvalue weighted by Crippen LogP contribution is 2.11. The van der Waals surface area contributed by atoms with E-state index >= 15 is 0 Å². The van der Waals surface area contributed by atoms with Gasteiger partial charge in [0, 0.05) is 72.3 Å². The third-order valence-electron chi connectivity index (χ3n) is 5.82. The van der Waals surface area contributed by atoms with E-state index in [9.17, 15) is 28.8 Å². The number of carbonyl (C=O) groups is 6. The van der Waals surface area contributed by atoms with Crippen molar-refractivity contribution in [2.75, 3.05) is 14.1 Å². The van der Waals surface area contributed by atoms with Gasteiger partial charge in [-0.3, -0.25) is 28.8 Å². The van der Waals surface area contributed by atoms with Crippen molar-refractivity contribution in [1.29, 1.82) is 0 Å². The molecular formula is C30H38N2O8. The number of rotatable bonds is 9. The van der Waals surface area contributed by atoms with Gasteiger partial charge >= 0.3 is 17.9 Å². The van der Waals surface area contributed by atoms with Crippen molar-refractivity contribution in [3.63, 3.8) is 0 Å². The molecule has 2 aromatic carbocycles. The summed E-state index contributed by atoms with van der Waals surface area (Å²) < 4.78 is 4.21. The van der Waals surface area contributed by atoms with Crippen LogP contribution in [-0.4, -0.2) is 64.5 Å². The molecule has 2 aromatic rings. The smallest absolute Gasteiger partial charge is 0.313 e. The number of benzene rings is 2. The van der Waals surface area contributed by atoms with Gasteiger partial charge in [0.2, 0.25) is 11.8 Å². The summed E-state index contributed by atoms with van der Waals surface area (Å²) in [5.41, 5.74) is 2.68. The molecule has 1 N–H and O–H groups in total. The monoisotopic (exact) mass is 554 g/mol. The van der Waals surface area contributed by atoms with Crippen molar-refractivity contribution >= 4 is 35.5 Å². The summed E-state index contributed by atoms with van der Waals surface area (Å²) in [7, 11) is 3.52. The number of ether oxygens (including phenoxy) is 1. The average Bonchev–Trinajstić information content (AvgIpc) is 2.90. The van der Waals surface area contributed by atoms with Crippen LogP contribution in [0.3, 0.4) is 0 Å². The Bertz CT molecular complexity index is 1130. The molecule has 1 saturated heterocycles. The predicted octanol–water partition coefficient (Wildman–Crippen LogP) is 4.01. The molecular weight excluding hydrogens is 516 g/mol. The average molecular weight is 555 g/mol. The van der Waals surface area contributed by atoms with Crippen molar-refractivity contribution in [2.24, 2.45) is 0 Å². The fraction of sp³-hybridized carbons (Fsp3) is 0.400. The molecule has 0 unspecified atom stereocenters. The van der Waals surface area contributed by atoms with Crippen LogP contribution < -0.4 is 0 Å². The Morgan fingerprint density at radius 1 is 0.750 bits per heavy atom. The molecule has 0 saturated carbocycles. The normalized spacial score (nSPS) is 12.0. The maximum Gasteiger partial charge on any atom is 0.313 e. The summed E-state index contributed by atoms with van der Waals surface area (Å²) in [4.78, 5) is 67.9. The van der Waals surface area contributed by atoms with Crippen molar-refractivity contribution in [3.8, 4) is 0 Å². The molecule has 0 aromatic heterocycles. The van der Waals surface area contributed by atoms with E-state index in [0.29, 0.717) is 44.3 Å². The highest BCUT2D eigenvalue weighted by atomic mass is 16.6. The Balaban J connectivity index is 0.000000336. The van der Waals surface area contributed by atoms with Gasteiger partial charge in [-0.1, -0.05) is 54.6 Å². The van der Waals surface area contributed by atoms with Gasteiger partial charge in [-0.15, -0.1) is 0 Å². The lowest BCUT2D eigenvalue weighted by molar-refractivity contribution is -0.163. The zero-order valence-corrected chi connectivity index (χ0v) is 23.6. The standard InChI is InChI=1S/C15H19NO4.C10H13NO.C5H6O3/c1-11(17)16(2)10-12-6-8-13(9-7-12)14(18)4-3-5-15(19)20;1-9(12)11(2)8-10-6-4-3-5-7-10;6-4-2-1-3-5(7)8-4/h6-9H,3-5,10H2,1-2H3,(H,19,20);3-7H,8H2,1-2H3;1-3H2. The van der Waals surface area contributed by atoms with E-state index in [1.807, 2.05) is 42.5 Å². The first-order valence-corrected chi connectivity index (χ1v) is 12.9. The first-order valence-electron chi connectivity index (χ1n) is 12.9. The number of amides is 2. The van der Waals surface area contributed by atoms with E-state index < -0.39 is 5.97 Å². The minimum atomic E-state index is -0.889. The quantitative estimate of drug-likeness (QED) is 0.279. The highest BCUT2D eigenvalue weighted by molar-refractivity contribution is 5.96. The van der Waals surface area contributed by atoms with Crippen LogP contribution in [0.15, 0.2) is 54.6 Å². The number of hydrogen-bond acceptors (Lipinski definition) is 7. The number of cyclic esters (lactones) is 2. The van der Waals surface area contributed by atoms with Crippen LogP contribution in [0.5, 0.6) is 0 Å². The van der Waals surface area contributed by atoms with Gasteiger partial charge in [0.15, 0.2) is 5.78 Å². The van der Waals surface area contributed by atoms with Crippen LogP contribution in [0, 0.1) is 0 Å². The van der Waals surface area contributed by atoms with E-state index in [0.717, 1.165) is 11.1 Å². The molecule has 10 nitrogen and oxygen atoms in total. The zero-order valence-electron chi connectivity index (χ0n) is 23.6. The number of hydrogen-bond donors (Lipinski definition) is 1. The molecule has 1 heterocycles. The van der Waals surface area contributed by atoms with Crippen LogP contribution in [-0.2, 0) is 41.8 Å². The summed E-state index contributed by atoms with van der Waals surface area (Å²) in [6, 6.07) is 17.0. The van der Waals surface area contributed by atoms with Gasteiger partial charge in [0.1, 0.15) is 0 Å². The predicted molar refractivity (Wildman–Crippen MR) is 148 cm³/mol. The van der Waals surface area contributed by atoms with E-state index in [-0.39, 0.29) is 42.4 Å². The molecule has 10 heteroatoms. The summed E-state index contributed by atoms with van der Waals surface area (Å²) in [5, 5.41) is 8.52. The minimum absolute atomic E-state index is 0.00717. The molecule has 0 radical (unpaired) electrons. The molecule has 3 rings (SSSR count). The highest BCUT2D eigenvalue weighted by Gasteiger charge is 2.16. The lowest BCUT2D eigenvalue weighted by Gasteiger charge is -2.14. The van der Waals surface area contributed by atoms with Crippen LogP contribution in [0.1, 0.15) is 73.9 Å². The first-order chi connectivity index (χ1) is 18.9. The van der Waals surface area contributed by atoms with Crippen LogP contribution in [0.4, 0.5) is 0 Å². The number of esters is 2. The second-order valence-corrected chi connectivity index (χ2v) is 9.30. The Labute approximate surface area is 234 Å². The molecule has 216 valence electrons. The third kappa shape index (κ3) is 14.6. The van der Waals surface area contributed by atoms with E-state index in [1.165, 1.54) is 6.92 Å². The van der Waals surface area contributed by atoms with Gasteiger partial charge in [-0.05, 0) is 24.0 Å². The summed E-state index contributed by atoms with van der Waals surface area (Å²) in [6.07, 6.45) is 2.03. The number of aliphatic carboxylic acids is 1. The Kier molecular flexibility index (Phi) is 15.2. The molecule has 2 amide bonds. The number of carboxylic acid groups (broad SMARTS) is 1. The summed E-state index contributed by atoms with van der Waals surface area (Å²) in [6.45, 7) is 4.27. The number of Topliss-reactive ketones (excluding diaryl/α,β-unsaturated/α-hetero) is 1. The van der Waals surface area contributed by atoms with Crippen molar-refractivity contribution < 1.29 is 38.6 Å². The lowest BCUT2D eigenvalue weighted by Crippen LogP contribution is -2.22. The van der Waals surface area contributed by atoms with Gasteiger partial charge in [0.25, 0.3) is 0 Å². The molecule has 0 aliphatic carbocycles. The van der Waals surface area contributed by atoms with Crippen molar-refractivity contribution in [1.82, 2.24) is 9.80 Å². The molecule has 1 aliphatic heterocycles. The maximum absolute atomic E-state index is 11.8. The van der Waals surface area contributed by atoms with E-state index in [1.54, 1.807) is 43.0 Å². The molecule has 1 fully saturated rings. The largest absolute Gasteiger partial charge is 0.481 e. The molecule has 0 bridgehead atoms. The number of carbonyl (C=O) groups excluding carboxylic acids is 5. The fourth-order valence-electron chi connectivity index (χ4n) is 3.30. The van der Waals surface area contributed by atoms with Gasteiger partial charge in [-0.25, -0.2) is 0 Å². The third-order valence-corrected chi connectivity index (χ3v) is 5.82. The Morgan fingerprint density at radius 3 is 1.62 bits per heavy atom. The first kappa shape index (κ1) is 33.7. The number of ketones is 1. The van der Waals surface area contributed by atoms with Gasteiger partial charge in [-0.2, -0.15) is 0 Å². The Morgan fingerprint density at radius 2 is 1.23 bits per heavy atom. The molecule has 40 heavy (non-hydrogen) atoms. The Hall–Kier alpha value is -4.34. The summed E-state index contributed by atoms with van der Waals surface area (Å²) in [5.74, 6) is -1.64. The number of carboxylic acids is 1. The van der Waals surface area contributed by atoms with Gasteiger partial charge < -0.3 is 19.6 Å². The minimum Gasteiger partial charge on any atom is -0.481 e. The van der Waals surface area contributed by atoms with Crippen molar-refractivity contribution in [3.05, 3.63) is 71.3 Å². The maximum atomic E-state index is 11.8. The van der Waals surface area contributed by atoms with Crippen molar-refractivity contribution in [2.45, 2.75) is 65.5 Å². The second-order valence-electron chi connectivity index (χ2n) is 9.30. The van der Waals surface area contributed by atoms with Gasteiger partial charge in [0.05, 0.1) is 0 Å². The van der Waals surface area contributed by atoms with Crippen LogP contribution in [0.25, 0.3) is 0 Å². The molecule has 0 spiro atoms. The summed E-state index contributed by atoms with van der Waals surface area (Å²) >= 11 is 0. The van der Waals surface area contributed by atoms with Crippen LogP contribution in [0.2, 0.25) is 0 Å². The number of nitrogens with zero attached hydrogens (tertiary/aromatic N) is 2. The SMILES string of the molecule is CC(=O)N(C)Cc1ccc(C(=O)CCCC(=O)O)cc1.CC(=O)N(C)Cc1ccccc1.O=C1CCCC(=O)O1. The van der Waals surface area contributed by atoms with Crippen LogP contribution >= 0.6 is 0 Å². The second kappa shape index (κ2) is 18.0. The molecule has 1 aliphatic rings. The zero-order chi connectivity index (χ0) is 30.1. The fourth-order valence-corrected chi connectivity index (χ4v) is 3.30. The molecule has 0 atom stereocenters. The van der Waals surface area contributed by atoms with E-state index in [2.05, 4.69) is 4.74 Å².